The predicted molar refractivity (Wildman–Crippen MR) is 142 cm³/mol. The van der Waals surface area contributed by atoms with Crippen LogP contribution in [-0.4, -0.2) is 39.1 Å². The van der Waals surface area contributed by atoms with E-state index < -0.39 is 11.2 Å². The van der Waals surface area contributed by atoms with Crippen molar-refractivity contribution in [1.82, 2.24) is 19.1 Å². The summed E-state index contributed by atoms with van der Waals surface area (Å²) in [5.74, 6) is 0.544. The number of anilines is 2. The average Bonchev–Trinajstić information content (AvgIpc) is 3.17. The van der Waals surface area contributed by atoms with Crippen molar-refractivity contribution in [2.45, 2.75) is 78.8 Å². The number of carbonyl (C=O) groups is 1. The number of aryl methyl sites for hydroxylation is 4. The van der Waals surface area contributed by atoms with Gasteiger partial charge in [0.1, 0.15) is 5.82 Å². The number of nitrogens with zero attached hydrogens (tertiary/aromatic N) is 4. The molecule has 1 amide bonds. The van der Waals surface area contributed by atoms with Crippen molar-refractivity contribution in [3.8, 4) is 0 Å². The number of rotatable bonds is 12. The number of hydrogen-bond acceptors (Lipinski definition) is 5. The predicted octanol–water partition coefficient (Wildman–Crippen LogP) is 3.82. The minimum Gasteiger partial charge on any atom is -0.378 e. The summed E-state index contributed by atoms with van der Waals surface area (Å²) < 4.78 is 3.45. The average molecular weight is 483 g/mol. The Kier molecular flexibility index (Phi) is 8.89. The summed E-state index contributed by atoms with van der Waals surface area (Å²) in [5, 5.41) is 2.99. The van der Waals surface area contributed by atoms with Crippen LogP contribution in [0.3, 0.4) is 0 Å². The molecule has 190 valence electrons. The van der Waals surface area contributed by atoms with Crippen molar-refractivity contribution in [3.05, 3.63) is 50.4 Å². The molecule has 0 aliphatic carbocycles. The second kappa shape index (κ2) is 11.9. The van der Waals surface area contributed by atoms with E-state index in [1.165, 1.54) is 0 Å². The Bertz CT molecular complexity index is 1280. The number of carbonyl (C=O) groups excluding carboxylic acids is 1. The molecule has 0 saturated heterocycles. The van der Waals surface area contributed by atoms with Crippen LogP contribution >= 0.6 is 0 Å². The fourth-order valence-electron chi connectivity index (χ4n) is 4.20. The second-order valence-corrected chi connectivity index (χ2v) is 9.27. The van der Waals surface area contributed by atoms with E-state index in [-0.39, 0.29) is 12.3 Å². The molecule has 0 aliphatic heterocycles. The summed E-state index contributed by atoms with van der Waals surface area (Å²) >= 11 is 0. The van der Waals surface area contributed by atoms with Crippen molar-refractivity contribution in [3.63, 3.8) is 0 Å². The number of aromatic nitrogens is 4. The van der Waals surface area contributed by atoms with E-state index in [9.17, 15) is 14.4 Å². The van der Waals surface area contributed by atoms with Crippen LogP contribution in [0.4, 0.5) is 11.4 Å². The number of fused-ring (bicyclic) bond motifs is 1. The van der Waals surface area contributed by atoms with Crippen molar-refractivity contribution in [2.24, 2.45) is 0 Å². The Morgan fingerprint density at radius 1 is 1.06 bits per heavy atom. The summed E-state index contributed by atoms with van der Waals surface area (Å²) in [5.41, 5.74) is 2.81. The third-order valence-corrected chi connectivity index (χ3v) is 6.26. The molecular formula is C26H38N6O3. The molecule has 9 heteroatoms. The SMILES string of the molecule is CCCCCn1c(CCC(=O)Nc2ccc(N(C)C)cc2C)nc2c1c(=O)[nH]c(=O)n2CCCC. The molecular weight excluding hydrogens is 444 g/mol. The minimum absolute atomic E-state index is 0.116. The fourth-order valence-corrected chi connectivity index (χ4v) is 4.20. The molecule has 2 aromatic heterocycles. The van der Waals surface area contributed by atoms with Crippen LogP contribution in [0.15, 0.2) is 27.8 Å². The third kappa shape index (κ3) is 6.21. The number of amides is 1. The Labute approximate surface area is 206 Å². The Morgan fingerprint density at radius 3 is 2.43 bits per heavy atom. The highest BCUT2D eigenvalue weighted by Gasteiger charge is 2.19. The van der Waals surface area contributed by atoms with Crippen molar-refractivity contribution in [2.75, 3.05) is 24.3 Å². The van der Waals surface area contributed by atoms with Crippen LogP contribution in [0.5, 0.6) is 0 Å². The lowest BCUT2D eigenvalue weighted by molar-refractivity contribution is -0.116. The molecule has 9 nitrogen and oxygen atoms in total. The molecule has 0 bridgehead atoms. The van der Waals surface area contributed by atoms with Crippen LogP contribution in [0.2, 0.25) is 0 Å². The van der Waals surface area contributed by atoms with Crippen LogP contribution in [0, 0.1) is 6.92 Å². The molecule has 0 fully saturated rings. The van der Waals surface area contributed by atoms with Crippen LogP contribution in [0.25, 0.3) is 11.2 Å². The summed E-state index contributed by atoms with van der Waals surface area (Å²) in [6, 6.07) is 5.91. The largest absolute Gasteiger partial charge is 0.378 e. The molecule has 0 saturated carbocycles. The van der Waals surface area contributed by atoms with Gasteiger partial charge in [0.05, 0.1) is 0 Å². The van der Waals surface area contributed by atoms with E-state index >= 15 is 0 Å². The molecule has 3 rings (SSSR count). The minimum atomic E-state index is -0.435. The molecule has 2 heterocycles. The van der Waals surface area contributed by atoms with Gasteiger partial charge in [-0.15, -0.1) is 0 Å². The number of imidazole rings is 1. The molecule has 0 spiro atoms. The van der Waals surface area contributed by atoms with Gasteiger partial charge in [0.15, 0.2) is 11.2 Å². The van der Waals surface area contributed by atoms with Crippen molar-refractivity contribution in [1.29, 1.82) is 0 Å². The number of nitrogens with one attached hydrogen (secondary N) is 2. The van der Waals surface area contributed by atoms with Crippen molar-refractivity contribution >= 4 is 28.4 Å². The van der Waals surface area contributed by atoms with Gasteiger partial charge in [0.25, 0.3) is 5.56 Å². The van der Waals surface area contributed by atoms with Gasteiger partial charge in [-0.25, -0.2) is 9.78 Å². The first-order valence-electron chi connectivity index (χ1n) is 12.6. The first-order chi connectivity index (χ1) is 16.8. The van der Waals surface area contributed by atoms with Gasteiger partial charge in [-0.3, -0.25) is 19.1 Å². The van der Waals surface area contributed by atoms with Crippen molar-refractivity contribution < 1.29 is 4.79 Å². The number of unbranched alkanes of at least 4 members (excludes halogenated alkanes) is 3. The molecule has 35 heavy (non-hydrogen) atoms. The quantitative estimate of drug-likeness (QED) is 0.382. The monoisotopic (exact) mass is 482 g/mol. The molecule has 0 atom stereocenters. The van der Waals surface area contributed by atoms with E-state index in [1.807, 2.05) is 48.7 Å². The summed E-state index contributed by atoms with van der Waals surface area (Å²) in [6.07, 6.45) is 5.31. The normalized spacial score (nSPS) is 11.2. The fraction of sp³-hybridized carbons (Fsp3) is 0.538. The van der Waals surface area contributed by atoms with Gasteiger partial charge >= 0.3 is 5.69 Å². The van der Waals surface area contributed by atoms with Gasteiger partial charge in [-0.1, -0.05) is 33.1 Å². The number of hydrogen-bond donors (Lipinski definition) is 2. The maximum Gasteiger partial charge on any atom is 0.330 e. The Morgan fingerprint density at radius 2 is 1.77 bits per heavy atom. The molecule has 1 aromatic carbocycles. The first-order valence-corrected chi connectivity index (χ1v) is 12.6. The first kappa shape index (κ1) is 26.2. The standard InChI is InChI=1S/C26H38N6O3/c1-6-8-10-16-31-21(28-24-23(31)25(34)29-26(35)32(24)15-9-7-2)13-14-22(33)27-20-12-11-19(30(4)5)17-18(20)3/h11-12,17H,6-10,13-16H2,1-5H3,(H,27,33)(H,29,34,35). The van der Waals surface area contributed by atoms with Gasteiger partial charge in [-0.05, 0) is 43.5 Å². The van der Waals surface area contributed by atoms with Gasteiger partial charge in [0, 0.05) is 51.4 Å². The Balaban J connectivity index is 1.87. The molecule has 2 N–H and O–H groups in total. The number of benzene rings is 1. The van der Waals surface area contributed by atoms with Crippen LogP contribution < -0.4 is 21.5 Å². The Hall–Kier alpha value is -3.36. The number of aromatic amines is 1. The smallest absolute Gasteiger partial charge is 0.330 e. The summed E-state index contributed by atoms with van der Waals surface area (Å²) in [4.78, 5) is 47.3. The zero-order valence-corrected chi connectivity index (χ0v) is 21.6. The highest BCUT2D eigenvalue weighted by Crippen LogP contribution is 2.22. The van der Waals surface area contributed by atoms with Crippen LogP contribution in [-0.2, 0) is 24.3 Å². The van der Waals surface area contributed by atoms with Gasteiger partial charge < -0.3 is 14.8 Å². The van der Waals surface area contributed by atoms with Gasteiger partial charge in [-0.2, -0.15) is 0 Å². The number of H-pyrrole nitrogens is 1. The van der Waals surface area contributed by atoms with E-state index in [4.69, 9.17) is 4.98 Å². The molecule has 3 aromatic rings. The van der Waals surface area contributed by atoms with E-state index in [0.29, 0.717) is 36.5 Å². The van der Waals surface area contributed by atoms with E-state index in [0.717, 1.165) is 49.0 Å². The summed E-state index contributed by atoms with van der Waals surface area (Å²) in [6.45, 7) is 7.27. The third-order valence-electron chi connectivity index (χ3n) is 6.26. The molecule has 0 radical (unpaired) electrons. The van der Waals surface area contributed by atoms with Crippen LogP contribution in [0.1, 0.15) is 63.8 Å². The zero-order chi connectivity index (χ0) is 25.5. The maximum atomic E-state index is 12.8. The second-order valence-electron chi connectivity index (χ2n) is 9.27. The zero-order valence-electron chi connectivity index (χ0n) is 21.6. The lowest BCUT2D eigenvalue weighted by Gasteiger charge is -2.15. The highest BCUT2D eigenvalue weighted by molar-refractivity contribution is 5.92. The highest BCUT2D eigenvalue weighted by atomic mass is 16.2. The lowest BCUT2D eigenvalue weighted by Crippen LogP contribution is -2.31. The summed E-state index contributed by atoms with van der Waals surface area (Å²) in [7, 11) is 3.96. The maximum absolute atomic E-state index is 12.8. The molecule has 0 unspecified atom stereocenters. The van der Waals surface area contributed by atoms with Gasteiger partial charge in [0.2, 0.25) is 5.91 Å². The molecule has 0 aliphatic rings. The topological polar surface area (TPSA) is 105 Å². The van der Waals surface area contributed by atoms with E-state index in [1.54, 1.807) is 4.57 Å². The lowest BCUT2D eigenvalue weighted by atomic mass is 10.1. The van der Waals surface area contributed by atoms with E-state index in [2.05, 4.69) is 24.1 Å².